The molecule has 3 aromatic rings. The van der Waals surface area contributed by atoms with Gasteiger partial charge in [0.05, 0.1) is 14.2 Å². The van der Waals surface area contributed by atoms with E-state index in [0.29, 0.717) is 23.5 Å². The number of carbonyl (C=O) groups is 1. The van der Waals surface area contributed by atoms with E-state index in [1.54, 1.807) is 6.07 Å². The van der Waals surface area contributed by atoms with Crippen LogP contribution in [-0.2, 0) is 6.42 Å². The average Bonchev–Trinajstić information content (AvgIpc) is 3.34. The summed E-state index contributed by atoms with van der Waals surface area (Å²) in [5.74, 6) is 0.181. The van der Waals surface area contributed by atoms with E-state index in [1.807, 2.05) is 43.5 Å². The quantitative estimate of drug-likeness (QED) is 0.623. The van der Waals surface area contributed by atoms with Gasteiger partial charge < -0.3 is 24.3 Å². The number of aliphatic hydroxyl groups excluding tert-OH is 1. The first-order chi connectivity index (χ1) is 14.9. The fourth-order valence-electron chi connectivity index (χ4n) is 4.88. The molecule has 5 rings (SSSR count). The van der Waals surface area contributed by atoms with Gasteiger partial charge in [0.1, 0.15) is 28.2 Å². The lowest BCUT2D eigenvalue weighted by molar-refractivity contribution is -0.0634. The van der Waals surface area contributed by atoms with Crippen LogP contribution in [0.4, 0.5) is 0 Å². The van der Waals surface area contributed by atoms with E-state index in [1.165, 1.54) is 14.2 Å². The van der Waals surface area contributed by atoms with Gasteiger partial charge in [0.15, 0.2) is 5.75 Å². The maximum Gasteiger partial charge on any atom is 0.217 e. The number of hydrogen-bond donors (Lipinski definition) is 2. The monoisotopic (exact) mass is 439 g/mol. The Morgan fingerprint density at radius 3 is 2.58 bits per heavy atom. The second-order valence-electron chi connectivity index (χ2n) is 7.99. The van der Waals surface area contributed by atoms with E-state index < -0.39 is 11.7 Å². The number of aromatic amines is 1. The minimum atomic E-state index is -1.51. The topological polar surface area (TPSA) is 80.8 Å². The summed E-state index contributed by atoms with van der Waals surface area (Å²) in [7, 11) is 2.95. The normalized spacial score (nSPS) is 24.0. The van der Waals surface area contributed by atoms with E-state index in [4.69, 9.17) is 25.8 Å². The lowest BCUT2D eigenvalue weighted by atomic mass is 9.69. The zero-order valence-electron chi connectivity index (χ0n) is 17.4. The van der Waals surface area contributed by atoms with E-state index in [2.05, 4.69) is 4.98 Å². The molecule has 6 nitrogen and oxygen atoms in total. The van der Waals surface area contributed by atoms with Gasteiger partial charge in [-0.25, -0.2) is 0 Å². The Kier molecular flexibility index (Phi) is 4.53. The molecule has 0 saturated carbocycles. The van der Waals surface area contributed by atoms with Crippen LogP contribution < -0.4 is 14.2 Å². The fraction of sp³-hybridized carbons (Fsp3) is 0.292. The van der Waals surface area contributed by atoms with Gasteiger partial charge in [0.2, 0.25) is 11.4 Å². The van der Waals surface area contributed by atoms with Crippen molar-refractivity contribution in [2.45, 2.75) is 25.0 Å². The molecule has 0 amide bonds. The molecule has 0 fully saturated rings. The van der Waals surface area contributed by atoms with Gasteiger partial charge in [0.25, 0.3) is 0 Å². The molecule has 0 saturated heterocycles. The van der Waals surface area contributed by atoms with Crippen molar-refractivity contribution in [1.82, 2.24) is 4.98 Å². The minimum absolute atomic E-state index is 0.186. The molecule has 1 aliphatic heterocycles. The van der Waals surface area contributed by atoms with Gasteiger partial charge in [0, 0.05) is 35.0 Å². The van der Waals surface area contributed by atoms with Crippen LogP contribution in [-0.4, -0.2) is 35.7 Å². The van der Waals surface area contributed by atoms with Crippen molar-refractivity contribution < 1.29 is 24.1 Å². The van der Waals surface area contributed by atoms with E-state index in [0.717, 1.165) is 16.8 Å². The highest BCUT2D eigenvalue weighted by atomic mass is 35.5. The number of ketones is 1. The van der Waals surface area contributed by atoms with Crippen molar-refractivity contribution in [3.05, 3.63) is 64.4 Å². The number of hydrogen-bond acceptors (Lipinski definition) is 5. The molecule has 2 aromatic carbocycles. The highest BCUT2D eigenvalue weighted by Crippen LogP contribution is 2.57. The van der Waals surface area contributed by atoms with E-state index >= 15 is 0 Å². The predicted octanol–water partition coefficient (Wildman–Crippen LogP) is 4.59. The molecule has 7 heteroatoms. The molecule has 160 valence electrons. The van der Waals surface area contributed by atoms with Crippen molar-refractivity contribution in [1.29, 1.82) is 0 Å². The first kappa shape index (κ1) is 20.0. The maximum atomic E-state index is 13.8. The van der Waals surface area contributed by atoms with Crippen LogP contribution >= 0.6 is 11.6 Å². The van der Waals surface area contributed by atoms with Crippen LogP contribution in [0.25, 0.3) is 11.1 Å². The lowest BCUT2D eigenvalue weighted by Crippen LogP contribution is -2.54. The van der Waals surface area contributed by atoms with Crippen LogP contribution in [0.15, 0.2) is 42.6 Å². The Labute approximate surface area is 184 Å². The summed E-state index contributed by atoms with van der Waals surface area (Å²) < 4.78 is 17.1. The Morgan fingerprint density at radius 1 is 1.19 bits per heavy atom. The van der Waals surface area contributed by atoms with Crippen molar-refractivity contribution in [3.63, 3.8) is 0 Å². The zero-order valence-corrected chi connectivity index (χ0v) is 18.1. The number of benzene rings is 2. The SMILES string of the molecule is COc1cc(OC)c2c(c1Cl)O[C@@]1(C2=O)[C@H](C)Cc2[nH]cc(-c3ccccc3)c2[C@@H]1O. The van der Waals surface area contributed by atoms with Gasteiger partial charge in [-0.15, -0.1) is 0 Å². The summed E-state index contributed by atoms with van der Waals surface area (Å²) in [6, 6.07) is 11.3. The molecule has 2 N–H and O–H groups in total. The molecule has 0 bridgehead atoms. The number of methoxy groups -OCH3 is 2. The summed E-state index contributed by atoms with van der Waals surface area (Å²) in [5.41, 5.74) is 2.09. The van der Waals surface area contributed by atoms with Gasteiger partial charge in [-0.1, -0.05) is 48.9 Å². The smallest absolute Gasteiger partial charge is 0.217 e. The van der Waals surface area contributed by atoms with E-state index in [9.17, 15) is 9.90 Å². The van der Waals surface area contributed by atoms with Crippen molar-refractivity contribution in [2.24, 2.45) is 5.92 Å². The first-order valence-corrected chi connectivity index (χ1v) is 10.4. The van der Waals surface area contributed by atoms with Crippen molar-refractivity contribution in [2.75, 3.05) is 14.2 Å². The molecular weight excluding hydrogens is 418 g/mol. The fourth-order valence-corrected chi connectivity index (χ4v) is 5.15. The molecule has 1 spiro atoms. The van der Waals surface area contributed by atoms with Crippen molar-refractivity contribution >= 4 is 17.4 Å². The summed E-state index contributed by atoms with van der Waals surface area (Å²) >= 11 is 6.51. The number of rotatable bonds is 3. The largest absolute Gasteiger partial charge is 0.496 e. The van der Waals surface area contributed by atoms with Crippen LogP contribution in [0, 0.1) is 5.92 Å². The molecular formula is C24H22ClNO5. The standard InChI is InChI=1S/C24H22ClNO5/c1-12-9-15-18(14(11-26-15)13-7-5-4-6-8-13)22(27)24(12)23(28)19-16(29-2)10-17(30-3)20(25)21(19)31-24/h4-8,10-12,22,26-27H,9H2,1-3H3/t12-,22+,24+/m1/s1. The molecule has 2 heterocycles. The number of Topliss-reactive ketones (excluding diaryl/α,β-unsaturated/α-hetero) is 1. The molecule has 3 atom stereocenters. The van der Waals surface area contributed by atoms with Gasteiger partial charge in [-0.2, -0.15) is 0 Å². The van der Waals surface area contributed by atoms with Crippen molar-refractivity contribution in [3.8, 4) is 28.4 Å². The molecule has 1 aromatic heterocycles. The maximum absolute atomic E-state index is 13.8. The number of aromatic nitrogens is 1. The summed E-state index contributed by atoms with van der Waals surface area (Å²) in [4.78, 5) is 17.1. The third kappa shape index (κ3) is 2.58. The van der Waals surface area contributed by atoms with Gasteiger partial charge >= 0.3 is 0 Å². The molecule has 2 aliphatic rings. The van der Waals surface area contributed by atoms with Crippen LogP contribution in [0.3, 0.4) is 0 Å². The summed E-state index contributed by atoms with van der Waals surface area (Å²) in [5, 5.41) is 11.8. The second kappa shape index (κ2) is 7.04. The van der Waals surface area contributed by atoms with Gasteiger partial charge in [-0.3, -0.25) is 4.79 Å². The highest BCUT2D eigenvalue weighted by molar-refractivity contribution is 6.35. The number of nitrogens with one attached hydrogen (secondary N) is 1. The Hall–Kier alpha value is -2.96. The molecule has 1 aliphatic carbocycles. The summed E-state index contributed by atoms with van der Waals surface area (Å²) in [6.07, 6.45) is 1.22. The number of ether oxygens (including phenoxy) is 3. The Bertz CT molecular complexity index is 1190. The first-order valence-electron chi connectivity index (χ1n) is 10.1. The van der Waals surface area contributed by atoms with Crippen LogP contribution in [0.2, 0.25) is 5.02 Å². The third-order valence-electron chi connectivity index (χ3n) is 6.46. The van der Waals surface area contributed by atoms with E-state index in [-0.39, 0.29) is 28.0 Å². The number of carbonyl (C=O) groups excluding carboxylic acids is 1. The van der Waals surface area contributed by atoms with Crippen LogP contribution in [0.5, 0.6) is 17.2 Å². The molecule has 31 heavy (non-hydrogen) atoms. The third-order valence-corrected chi connectivity index (χ3v) is 6.81. The molecule has 0 unspecified atom stereocenters. The Balaban J connectivity index is 1.69. The highest BCUT2D eigenvalue weighted by Gasteiger charge is 2.62. The van der Waals surface area contributed by atoms with Gasteiger partial charge in [-0.05, 0) is 12.0 Å². The Morgan fingerprint density at radius 2 is 1.90 bits per heavy atom. The molecule has 0 radical (unpaired) electrons. The minimum Gasteiger partial charge on any atom is -0.496 e. The average molecular weight is 440 g/mol. The lowest BCUT2D eigenvalue weighted by Gasteiger charge is -2.41. The second-order valence-corrected chi connectivity index (χ2v) is 8.37. The number of H-pyrrole nitrogens is 1. The summed E-state index contributed by atoms with van der Waals surface area (Å²) in [6.45, 7) is 1.90. The number of halogens is 1. The predicted molar refractivity (Wildman–Crippen MR) is 116 cm³/mol. The number of aliphatic hydroxyl groups is 1. The van der Waals surface area contributed by atoms with Crippen LogP contribution in [0.1, 0.15) is 34.6 Å². The zero-order chi connectivity index (χ0) is 21.9. The number of fused-ring (bicyclic) bond motifs is 2.